The number of nitrogens with zero attached hydrogens (tertiary/aromatic N) is 1. The number of halogens is 1. The van der Waals surface area contributed by atoms with Crippen molar-refractivity contribution in [2.24, 2.45) is 11.5 Å². The zero-order chi connectivity index (χ0) is 27.6. The molecular weight excluding hydrogens is 532 g/mol. The van der Waals surface area contributed by atoms with Crippen LogP contribution in [0.2, 0.25) is 0 Å². The second kappa shape index (κ2) is 12.1. The minimum atomic E-state index is -0.348. The summed E-state index contributed by atoms with van der Waals surface area (Å²) in [6.45, 7) is 8.52. The van der Waals surface area contributed by atoms with E-state index in [4.69, 9.17) is 38.6 Å². The van der Waals surface area contributed by atoms with E-state index in [1.807, 2.05) is 69.3 Å². The number of anilines is 2. The van der Waals surface area contributed by atoms with Gasteiger partial charge < -0.3 is 26.0 Å². The summed E-state index contributed by atoms with van der Waals surface area (Å²) >= 11 is 4.99. The average molecular weight is 569 g/mol. The van der Waals surface area contributed by atoms with Crippen molar-refractivity contribution in [2.75, 3.05) is 11.5 Å². The molecule has 0 aliphatic carbocycles. The third-order valence-corrected chi connectivity index (χ3v) is 7.55. The number of aromatic hydroxyl groups is 1. The van der Waals surface area contributed by atoms with Gasteiger partial charge >= 0.3 is 0 Å². The summed E-state index contributed by atoms with van der Waals surface area (Å²) in [5.74, 6) is 1.92. The normalized spacial score (nSPS) is 15.9. The van der Waals surface area contributed by atoms with Crippen molar-refractivity contribution in [3.8, 4) is 17.2 Å². The number of thiocarbonyl (C=S) groups is 1. The number of ether oxygens (including phenoxy) is 2. The van der Waals surface area contributed by atoms with Crippen LogP contribution >= 0.6 is 24.6 Å². The minimum Gasteiger partial charge on any atom is -0.507 e. The van der Waals surface area contributed by atoms with Crippen molar-refractivity contribution >= 4 is 46.9 Å². The monoisotopic (exact) mass is 568 g/mol. The topological polar surface area (TPSA) is 118 Å². The van der Waals surface area contributed by atoms with Gasteiger partial charge in [0.15, 0.2) is 5.96 Å². The van der Waals surface area contributed by atoms with Crippen LogP contribution in [-0.4, -0.2) is 28.3 Å². The number of phenols is 1. The molecule has 208 valence electrons. The van der Waals surface area contributed by atoms with Gasteiger partial charge in [0, 0.05) is 29.8 Å². The molecule has 0 saturated carbocycles. The maximum absolute atomic E-state index is 10.4. The standard InChI is InChI=1S/C30H36N4O3S.ClH/c1-18-19(2)28-25(20(3)27(18)35)13-14-30(4,37-28)15-16-36-24-11-9-23(10-12-24)34(29(32)33)22-7-5-21(6-8-22)17-26(31)38;/h5-12,35H,13-17H2,1-4H3,(H2,31,38)(H3,32,33);1H. The number of phenolic OH excluding ortho intramolecular Hbond substituents is 1. The highest BCUT2D eigenvalue weighted by atomic mass is 35.5. The molecule has 4 rings (SSSR count). The molecule has 0 bridgehead atoms. The molecule has 0 fully saturated rings. The highest BCUT2D eigenvalue weighted by Crippen LogP contribution is 2.44. The van der Waals surface area contributed by atoms with E-state index in [0.29, 0.717) is 23.8 Å². The molecule has 1 unspecified atom stereocenters. The molecule has 0 aromatic heterocycles. The van der Waals surface area contributed by atoms with E-state index < -0.39 is 0 Å². The lowest BCUT2D eigenvalue weighted by Gasteiger charge is -2.38. The third kappa shape index (κ3) is 6.57. The first kappa shape index (κ1) is 30.1. The smallest absolute Gasteiger partial charge is 0.197 e. The van der Waals surface area contributed by atoms with Crippen LogP contribution in [0.4, 0.5) is 11.4 Å². The van der Waals surface area contributed by atoms with Crippen molar-refractivity contribution in [1.82, 2.24) is 0 Å². The van der Waals surface area contributed by atoms with Crippen LogP contribution in [-0.2, 0) is 12.8 Å². The van der Waals surface area contributed by atoms with E-state index in [1.165, 1.54) is 0 Å². The van der Waals surface area contributed by atoms with E-state index in [2.05, 4.69) is 6.92 Å². The molecule has 6 N–H and O–H groups in total. The molecule has 1 heterocycles. The van der Waals surface area contributed by atoms with Crippen LogP contribution in [0.1, 0.15) is 47.6 Å². The summed E-state index contributed by atoms with van der Waals surface area (Å²) in [4.78, 5) is 2.10. The fourth-order valence-electron chi connectivity index (χ4n) is 4.94. The molecule has 3 aromatic rings. The quantitative estimate of drug-likeness (QED) is 0.146. The van der Waals surface area contributed by atoms with E-state index in [-0.39, 0.29) is 24.0 Å². The van der Waals surface area contributed by atoms with E-state index in [1.54, 1.807) is 4.90 Å². The Bertz CT molecular complexity index is 1360. The van der Waals surface area contributed by atoms with Crippen LogP contribution in [0, 0.1) is 26.2 Å². The maximum Gasteiger partial charge on any atom is 0.197 e. The molecule has 0 amide bonds. The summed E-state index contributed by atoms with van der Waals surface area (Å²) in [6, 6.07) is 15.2. The van der Waals surface area contributed by atoms with Gasteiger partial charge in [-0.3, -0.25) is 10.3 Å². The number of guanidine groups is 1. The van der Waals surface area contributed by atoms with Gasteiger partial charge in [-0.2, -0.15) is 0 Å². The molecule has 3 aromatic carbocycles. The van der Waals surface area contributed by atoms with Crippen LogP contribution in [0.3, 0.4) is 0 Å². The zero-order valence-electron chi connectivity index (χ0n) is 22.8. The fourth-order valence-corrected chi connectivity index (χ4v) is 5.10. The lowest BCUT2D eigenvalue weighted by Crippen LogP contribution is -2.38. The Hall–Kier alpha value is -3.49. The molecule has 1 atom stereocenters. The van der Waals surface area contributed by atoms with Gasteiger partial charge in [0.1, 0.15) is 22.8 Å². The number of hydrogen-bond donors (Lipinski definition) is 4. The van der Waals surface area contributed by atoms with Crippen molar-refractivity contribution < 1.29 is 14.6 Å². The van der Waals surface area contributed by atoms with Crippen LogP contribution in [0.5, 0.6) is 17.2 Å². The maximum atomic E-state index is 10.4. The number of nitrogens with two attached hydrogens (primary N) is 2. The number of rotatable bonds is 8. The SMILES string of the molecule is Cc1c(C)c2c(c(C)c1O)CCC(C)(CCOc1ccc(N(C(=N)N)c3ccc(CC(N)=S)cc3)cc1)O2.Cl. The highest BCUT2D eigenvalue weighted by Gasteiger charge is 2.34. The Balaban J connectivity index is 0.00000420. The number of fused-ring (bicyclic) bond motifs is 1. The minimum absolute atomic E-state index is 0. The Labute approximate surface area is 242 Å². The lowest BCUT2D eigenvalue weighted by atomic mass is 9.86. The van der Waals surface area contributed by atoms with Gasteiger partial charge in [-0.1, -0.05) is 24.4 Å². The van der Waals surface area contributed by atoms with Gasteiger partial charge in [-0.05, 0) is 99.2 Å². The lowest BCUT2D eigenvalue weighted by molar-refractivity contribution is 0.0412. The van der Waals surface area contributed by atoms with Crippen LogP contribution in [0.25, 0.3) is 0 Å². The van der Waals surface area contributed by atoms with Crippen molar-refractivity contribution in [1.29, 1.82) is 5.41 Å². The van der Waals surface area contributed by atoms with Crippen molar-refractivity contribution in [2.45, 2.75) is 59.0 Å². The third-order valence-electron chi connectivity index (χ3n) is 7.40. The Morgan fingerprint density at radius 1 is 1.03 bits per heavy atom. The highest BCUT2D eigenvalue weighted by molar-refractivity contribution is 7.80. The summed E-state index contributed by atoms with van der Waals surface area (Å²) < 4.78 is 12.6. The van der Waals surface area contributed by atoms with Gasteiger partial charge in [0.25, 0.3) is 0 Å². The largest absolute Gasteiger partial charge is 0.507 e. The Morgan fingerprint density at radius 3 is 2.18 bits per heavy atom. The van der Waals surface area contributed by atoms with Gasteiger partial charge in [-0.25, -0.2) is 0 Å². The second-order valence-corrected chi connectivity index (χ2v) is 10.7. The van der Waals surface area contributed by atoms with Crippen LogP contribution in [0.15, 0.2) is 48.5 Å². The van der Waals surface area contributed by atoms with Crippen LogP contribution < -0.4 is 25.8 Å². The molecule has 1 aliphatic heterocycles. The molecule has 7 nitrogen and oxygen atoms in total. The number of nitrogens with one attached hydrogen (secondary N) is 1. The zero-order valence-corrected chi connectivity index (χ0v) is 24.5. The summed E-state index contributed by atoms with van der Waals surface area (Å²) in [5.41, 5.74) is 17.6. The predicted molar refractivity (Wildman–Crippen MR) is 164 cm³/mol. The first-order chi connectivity index (χ1) is 18.0. The molecule has 9 heteroatoms. The molecule has 0 radical (unpaired) electrons. The number of hydrogen-bond acceptors (Lipinski definition) is 5. The first-order valence-corrected chi connectivity index (χ1v) is 13.1. The van der Waals surface area contributed by atoms with Gasteiger partial charge in [0.2, 0.25) is 0 Å². The fraction of sp³-hybridized carbons (Fsp3) is 0.333. The number of benzene rings is 3. The molecule has 1 aliphatic rings. The summed E-state index contributed by atoms with van der Waals surface area (Å²) in [6.07, 6.45) is 2.97. The average Bonchev–Trinajstić information content (AvgIpc) is 2.87. The van der Waals surface area contributed by atoms with Gasteiger partial charge in [0.05, 0.1) is 11.6 Å². The van der Waals surface area contributed by atoms with Crippen molar-refractivity contribution in [3.05, 3.63) is 76.3 Å². The Kier molecular flexibility index (Phi) is 9.35. The molecule has 0 saturated heterocycles. The summed E-state index contributed by atoms with van der Waals surface area (Å²) in [7, 11) is 0. The van der Waals surface area contributed by atoms with E-state index >= 15 is 0 Å². The summed E-state index contributed by atoms with van der Waals surface area (Å²) in [5, 5.41) is 18.5. The Morgan fingerprint density at radius 2 is 1.62 bits per heavy atom. The van der Waals surface area contributed by atoms with E-state index in [9.17, 15) is 5.11 Å². The van der Waals surface area contributed by atoms with E-state index in [0.717, 1.165) is 70.0 Å². The van der Waals surface area contributed by atoms with Gasteiger partial charge in [-0.15, -0.1) is 12.4 Å². The first-order valence-electron chi connectivity index (χ1n) is 12.7. The molecular formula is C30H37ClN4O3S. The second-order valence-electron chi connectivity index (χ2n) is 10.2. The molecule has 0 spiro atoms. The molecule has 39 heavy (non-hydrogen) atoms. The van der Waals surface area contributed by atoms with Crippen molar-refractivity contribution in [3.63, 3.8) is 0 Å². The predicted octanol–water partition coefficient (Wildman–Crippen LogP) is 6.15.